The standard InChI is InChI=1S/C23H21F3N6O2/c24-23(25,26)15-3-1-2-14(12-15)21(34)30-22-28-18-8-9-19(31-11-10-27-13-31)29-20(18)32(22)16-4-6-17(33)7-5-16/h1-3,8-13,16-17,33H,4-7H2,(H,28,30,34)/t16-,17-. The number of alkyl halides is 3. The van der Waals surface area contributed by atoms with Crippen molar-refractivity contribution in [2.24, 2.45) is 0 Å². The van der Waals surface area contributed by atoms with Crippen LogP contribution >= 0.6 is 0 Å². The number of aliphatic hydroxyl groups is 1. The quantitative estimate of drug-likeness (QED) is 0.462. The van der Waals surface area contributed by atoms with Gasteiger partial charge in [0.25, 0.3) is 5.91 Å². The van der Waals surface area contributed by atoms with Gasteiger partial charge in [-0.1, -0.05) is 6.07 Å². The van der Waals surface area contributed by atoms with Crippen LogP contribution in [0.2, 0.25) is 0 Å². The number of anilines is 1. The van der Waals surface area contributed by atoms with E-state index in [9.17, 15) is 23.1 Å². The number of nitrogens with one attached hydrogen (secondary N) is 1. The number of amides is 1. The van der Waals surface area contributed by atoms with E-state index in [-0.39, 0.29) is 23.7 Å². The average Bonchev–Trinajstić information content (AvgIpc) is 3.47. The lowest BCUT2D eigenvalue weighted by molar-refractivity contribution is -0.137. The number of carbonyl (C=O) groups excluding carboxylic acids is 1. The van der Waals surface area contributed by atoms with Gasteiger partial charge in [0.15, 0.2) is 5.65 Å². The maximum atomic E-state index is 13.1. The van der Waals surface area contributed by atoms with Gasteiger partial charge in [-0.3, -0.25) is 19.2 Å². The number of nitrogens with zero attached hydrogens (tertiary/aromatic N) is 5. The van der Waals surface area contributed by atoms with E-state index in [1.54, 1.807) is 35.4 Å². The molecular weight excluding hydrogens is 449 g/mol. The van der Waals surface area contributed by atoms with Crippen molar-refractivity contribution in [1.29, 1.82) is 0 Å². The molecule has 8 nitrogen and oxygen atoms in total. The fourth-order valence-corrected chi connectivity index (χ4v) is 4.26. The second kappa shape index (κ2) is 8.56. The molecule has 0 radical (unpaired) electrons. The summed E-state index contributed by atoms with van der Waals surface area (Å²) in [5, 5.41) is 12.6. The summed E-state index contributed by atoms with van der Waals surface area (Å²) in [7, 11) is 0. The van der Waals surface area contributed by atoms with Gasteiger partial charge in [-0.25, -0.2) is 15.0 Å². The lowest BCUT2D eigenvalue weighted by Gasteiger charge is -2.28. The van der Waals surface area contributed by atoms with Crippen LogP contribution in [0.25, 0.3) is 17.0 Å². The molecule has 0 aliphatic heterocycles. The fourth-order valence-electron chi connectivity index (χ4n) is 4.26. The summed E-state index contributed by atoms with van der Waals surface area (Å²) >= 11 is 0. The third-order valence-corrected chi connectivity index (χ3v) is 6.00. The van der Waals surface area contributed by atoms with E-state index in [2.05, 4.69) is 15.3 Å². The van der Waals surface area contributed by atoms with Gasteiger partial charge in [-0.2, -0.15) is 13.2 Å². The summed E-state index contributed by atoms with van der Waals surface area (Å²) in [6.45, 7) is 0. The molecular formula is C23H21F3N6O2. The molecule has 0 bridgehead atoms. The lowest BCUT2D eigenvalue weighted by atomic mass is 9.93. The van der Waals surface area contributed by atoms with Gasteiger partial charge >= 0.3 is 6.18 Å². The number of carbonyl (C=O) groups is 1. The first-order chi connectivity index (χ1) is 16.3. The van der Waals surface area contributed by atoms with Gasteiger partial charge < -0.3 is 5.11 Å². The van der Waals surface area contributed by atoms with E-state index in [0.29, 0.717) is 42.7 Å². The van der Waals surface area contributed by atoms with E-state index in [1.165, 1.54) is 12.1 Å². The largest absolute Gasteiger partial charge is 0.416 e. The average molecular weight is 470 g/mol. The van der Waals surface area contributed by atoms with E-state index in [0.717, 1.165) is 12.1 Å². The van der Waals surface area contributed by atoms with Crippen molar-refractivity contribution < 1.29 is 23.1 Å². The Hall–Kier alpha value is -3.73. The topological polar surface area (TPSA) is 97.9 Å². The number of imidazole rings is 2. The molecule has 3 aromatic heterocycles. The summed E-state index contributed by atoms with van der Waals surface area (Å²) in [6.07, 6.45) is 2.53. The van der Waals surface area contributed by atoms with Crippen LogP contribution in [0.5, 0.6) is 0 Å². The Kier molecular flexibility index (Phi) is 5.56. The zero-order chi connectivity index (χ0) is 23.9. The molecule has 11 heteroatoms. The van der Waals surface area contributed by atoms with Crippen LogP contribution in [0.4, 0.5) is 19.1 Å². The molecule has 0 atom stereocenters. The number of aromatic nitrogens is 5. The van der Waals surface area contributed by atoms with Gasteiger partial charge in [-0.05, 0) is 56.0 Å². The number of hydrogen-bond acceptors (Lipinski definition) is 5. The molecule has 0 unspecified atom stereocenters. The van der Waals surface area contributed by atoms with Crippen LogP contribution < -0.4 is 5.32 Å². The number of hydrogen-bond donors (Lipinski definition) is 2. The third kappa shape index (κ3) is 4.26. The van der Waals surface area contributed by atoms with Crippen LogP contribution in [0.15, 0.2) is 55.1 Å². The van der Waals surface area contributed by atoms with Gasteiger partial charge in [0, 0.05) is 24.0 Å². The second-order valence-corrected chi connectivity index (χ2v) is 8.28. The summed E-state index contributed by atoms with van der Waals surface area (Å²) in [4.78, 5) is 26.2. The Bertz CT molecular complexity index is 1320. The highest BCUT2D eigenvalue weighted by Gasteiger charge is 2.31. The Morgan fingerprint density at radius 2 is 1.88 bits per heavy atom. The SMILES string of the molecule is O=C(Nc1nc2ccc(-n3ccnc3)nc2n1[C@H]1CC[C@H](O)CC1)c1cccc(C(F)(F)F)c1. The molecule has 1 aromatic carbocycles. The molecule has 5 rings (SSSR count). The van der Waals surface area contributed by atoms with Crippen LogP contribution in [0.1, 0.15) is 47.6 Å². The van der Waals surface area contributed by atoms with Crippen molar-refractivity contribution in [2.75, 3.05) is 5.32 Å². The predicted molar refractivity (Wildman–Crippen MR) is 118 cm³/mol. The number of aliphatic hydroxyl groups excluding tert-OH is 1. The van der Waals surface area contributed by atoms with Crippen LogP contribution in [-0.4, -0.2) is 41.2 Å². The van der Waals surface area contributed by atoms with Crippen LogP contribution in [0.3, 0.4) is 0 Å². The molecule has 1 saturated carbocycles. The lowest BCUT2D eigenvalue weighted by Crippen LogP contribution is -2.24. The number of rotatable bonds is 4. The number of fused-ring (bicyclic) bond motifs is 1. The van der Waals surface area contributed by atoms with E-state index in [1.807, 2.05) is 4.57 Å². The van der Waals surface area contributed by atoms with Crippen LogP contribution in [-0.2, 0) is 6.18 Å². The van der Waals surface area contributed by atoms with Gasteiger partial charge in [0.2, 0.25) is 5.95 Å². The summed E-state index contributed by atoms with van der Waals surface area (Å²) in [5.41, 5.74) is 0.0439. The maximum absolute atomic E-state index is 13.1. The van der Waals surface area contributed by atoms with Crippen molar-refractivity contribution in [3.05, 3.63) is 66.2 Å². The highest BCUT2D eigenvalue weighted by molar-refractivity contribution is 6.04. The minimum atomic E-state index is -4.56. The van der Waals surface area contributed by atoms with Crippen molar-refractivity contribution in [2.45, 2.75) is 44.0 Å². The highest BCUT2D eigenvalue weighted by atomic mass is 19.4. The second-order valence-electron chi connectivity index (χ2n) is 8.28. The van der Waals surface area contributed by atoms with Gasteiger partial charge in [0.1, 0.15) is 17.7 Å². The molecule has 34 heavy (non-hydrogen) atoms. The van der Waals surface area contributed by atoms with Gasteiger partial charge in [0.05, 0.1) is 11.7 Å². The number of pyridine rings is 1. The number of benzene rings is 1. The smallest absolute Gasteiger partial charge is 0.393 e. The van der Waals surface area contributed by atoms with E-state index in [4.69, 9.17) is 4.98 Å². The third-order valence-electron chi connectivity index (χ3n) is 6.00. The molecule has 0 saturated heterocycles. The highest BCUT2D eigenvalue weighted by Crippen LogP contribution is 2.35. The Morgan fingerprint density at radius 1 is 1.09 bits per heavy atom. The van der Waals surface area contributed by atoms with E-state index >= 15 is 0 Å². The minimum absolute atomic E-state index is 0.0873. The first-order valence-electron chi connectivity index (χ1n) is 10.8. The Balaban J connectivity index is 1.54. The normalized spacial score (nSPS) is 18.8. The molecule has 1 aliphatic carbocycles. The van der Waals surface area contributed by atoms with Crippen molar-refractivity contribution >= 4 is 23.0 Å². The molecule has 1 aliphatic rings. The minimum Gasteiger partial charge on any atom is -0.393 e. The Morgan fingerprint density at radius 3 is 2.59 bits per heavy atom. The molecule has 3 heterocycles. The summed E-state index contributed by atoms with van der Waals surface area (Å²) in [5.74, 6) is 0.111. The Labute approximate surface area is 192 Å². The fraction of sp³-hybridized carbons (Fsp3) is 0.304. The molecule has 4 aromatic rings. The van der Waals surface area contributed by atoms with Crippen LogP contribution in [0, 0.1) is 0 Å². The summed E-state index contributed by atoms with van der Waals surface area (Å²) < 4.78 is 42.9. The zero-order valence-electron chi connectivity index (χ0n) is 17.9. The molecule has 0 spiro atoms. The summed E-state index contributed by atoms with van der Waals surface area (Å²) in [6, 6.07) is 7.70. The van der Waals surface area contributed by atoms with Crippen molar-refractivity contribution in [3.63, 3.8) is 0 Å². The number of halogens is 3. The molecule has 2 N–H and O–H groups in total. The molecule has 1 amide bonds. The monoisotopic (exact) mass is 470 g/mol. The first kappa shape index (κ1) is 22.1. The maximum Gasteiger partial charge on any atom is 0.416 e. The van der Waals surface area contributed by atoms with Gasteiger partial charge in [-0.15, -0.1) is 0 Å². The predicted octanol–water partition coefficient (Wildman–Crippen LogP) is 4.36. The van der Waals surface area contributed by atoms with Crippen molar-refractivity contribution in [1.82, 2.24) is 24.1 Å². The van der Waals surface area contributed by atoms with Crippen molar-refractivity contribution in [3.8, 4) is 5.82 Å². The zero-order valence-corrected chi connectivity index (χ0v) is 17.9. The molecule has 1 fully saturated rings. The molecule has 176 valence electrons. The van der Waals surface area contributed by atoms with E-state index < -0.39 is 17.6 Å². The first-order valence-corrected chi connectivity index (χ1v) is 10.8.